The lowest BCUT2D eigenvalue weighted by atomic mass is 9.79. The van der Waals surface area contributed by atoms with Crippen LogP contribution >= 0.6 is 0 Å². The fraction of sp³-hybridized carbons (Fsp3) is 0.590. The lowest BCUT2D eigenvalue weighted by Gasteiger charge is -2.35. The molecule has 0 spiro atoms. The number of amides is 4. The molecule has 282 valence electrons. The quantitative estimate of drug-likeness (QED) is 0.415. The van der Waals surface area contributed by atoms with Crippen molar-refractivity contribution in [2.24, 2.45) is 5.92 Å². The standard InChI is InChI=1S/C39H52FN5O7/c1-26-8-10-27(11-9-26)31-24-28(12-13-33(31)50-29-14-17-45(25-29)38(49)52-39(2,3)4)35(46)42-20-22-43(23-21-42)36(47)30-6-5-7-32(40)34(30)51-37(48)44-18-15-41-16-19-44/h5-7,12-13,24,26-27,29,41H,8-11,14-23,25H2,1-4H3/t26?,27?,29-/m0/s1. The number of benzene rings is 2. The second-order valence-electron chi connectivity index (χ2n) is 15.5. The van der Waals surface area contributed by atoms with Crippen molar-refractivity contribution in [2.75, 3.05) is 65.4 Å². The normalized spacial score (nSPS) is 22.6. The van der Waals surface area contributed by atoms with Gasteiger partial charge in [0.25, 0.3) is 11.8 Å². The van der Waals surface area contributed by atoms with Crippen LogP contribution in [0.15, 0.2) is 36.4 Å². The van der Waals surface area contributed by atoms with E-state index in [9.17, 15) is 23.6 Å². The summed E-state index contributed by atoms with van der Waals surface area (Å²) in [5, 5.41) is 3.15. The number of likely N-dealkylation sites (tertiary alicyclic amines) is 1. The van der Waals surface area contributed by atoms with Crippen molar-refractivity contribution < 1.29 is 37.8 Å². The number of carbonyl (C=O) groups is 4. The van der Waals surface area contributed by atoms with Gasteiger partial charge >= 0.3 is 12.2 Å². The van der Waals surface area contributed by atoms with Gasteiger partial charge in [0, 0.05) is 70.9 Å². The van der Waals surface area contributed by atoms with Crippen LogP contribution in [-0.2, 0) is 4.74 Å². The molecule has 0 aromatic heterocycles. The Morgan fingerprint density at radius 3 is 2.12 bits per heavy atom. The SMILES string of the molecule is CC1CCC(c2cc(C(=O)N3CCN(C(=O)c4cccc(F)c4OC(=O)N4CCNCC4)CC3)ccc2O[C@H]2CCN(C(=O)OC(C)(C)C)C2)CC1. The molecule has 4 fully saturated rings. The first-order valence-electron chi connectivity index (χ1n) is 18.7. The van der Waals surface area contributed by atoms with Gasteiger partial charge in [-0.05, 0) is 81.3 Å². The molecule has 2 aromatic carbocycles. The fourth-order valence-electron chi connectivity index (χ4n) is 7.42. The van der Waals surface area contributed by atoms with Gasteiger partial charge in [-0.3, -0.25) is 9.59 Å². The molecule has 1 atom stereocenters. The van der Waals surface area contributed by atoms with Crippen molar-refractivity contribution in [3.63, 3.8) is 0 Å². The maximum absolute atomic E-state index is 14.9. The third-order valence-corrected chi connectivity index (χ3v) is 10.4. The molecule has 2 aromatic rings. The van der Waals surface area contributed by atoms with Gasteiger partial charge in [-0.15, -0.1) is 0 Å². The monoisotopic (exact) mass is 721 g/mol. The second-order valence-corrected chi connectivity index (χ2v) is 15.5. The summed E-state index contributed by atoms with van der Waals surface area (Å²) in [5.74, 6) is -0.0724. The summed E-state index contributed by atoms with van der Waals surface area (Å²) in [7, 11) is 0. The van der Waals surface area contributed by atoms with Gasteiger partial charge in [0.2, 0.25) is 0 Å². The van der Waals surface area contributed by atoms with Crippen LogP contribution < -0.4 is 14.8 Å². The minimum Gasteiger partial charge on any atom is -0.488 e. The molecule has 1 aliphatic carbocycles. The molecule has 12 nitrogen and oxygen atoms in total. The summed E-state index contributed by atoms with van der Waals surface area (Å²) in [6, 6.07) is 9.72. The highest BCUT2D eigenvalue weighted by Crippen LogP contribution is 2.41. The topological polar surface area (TPSA) is 121 Å². The van der Waals surface area contributed by atoms with Crippen LogP contribution in [0, 0.1) is 11.7 Å². The Balaban J connectivity index is 1.11. The molecule has 13 heteroatoms. The molecule has 4 amide bonds. The minimum atomic E-state index is -0.785. The summed E-state index contributed by atoms with van der Waals surface area (Å²) >= 11 is 0. The molecular formula is C39H52FN5O7. The summed E-state index contributed by atoms with van der Waals surface area (Å²) in [4.78, 5) is 59.4. The summed E-state index contributed by atoms with van der Waals surface area (Å²) in [5.41, 5.74) is 0.991. The molecule has 0 radical (unpaired) electrons. The number of ether oxygens (including phenoxy) is 3. The predicted molar refractivity (Wildman–Crippen MR) is 192 cm³/mol. The molecule has 3 saturated heterocycles. The van der Waals surface area contributed by atoms with Gasteiger partial charge in [-0.2, -0.15) is 0 Å². The third kappa shape index (κ3) is 8.97. The zero-order chi connectivity index (χ0) is 37.0. The van der Waals surface area contributed by atoms with E-state index in [1.54, 1.807) is 20.8 Å². The first-order valence-corrected chi connectivity index (χ1v) is 18.7. The molecule has 3 heterocycles. The number of rotatable bonds is 6. The Hall–Kier alpha value is -4.39. The third-order valence-electron chi connectivity index (χ3n) is 10.4. The second kappa shape index (κ2) is 16.1. The summed E-state index contributed by atoms with van der Waals surface area (Å²) in [6.45, 7) is 12.0. The molecule has 52 heavy (non-hydrogen) atoms. The van der Waals surface area contributed by atoms with Crippen molar-refractivity contribution in [1.82, 2.24) is 24.9 Å². The highest BCUT2D eigenvalue weighted by atomic mass is 19.1. The van der Waals surface area contributed by atoms with Crippen molar-refractivity contribution >= 4 is 24.0 Å². The van der Waals surface area contributed by atoms with Crippen LogP contribution in [0.5, 0.6) is 11.5 Å². The van der Waals surface area contributed by atoms with E-state index in [0.29, 0.717) is 70.3 Å². The van der Waals surface area contributed by atoms with E-state index in [0.717, 1.165) is 37.0 Å². The first kappa shape index (κ1) is 37.4. The Labute approximate surface area is 305 Å². The summed E-state index contributed by atoms with van der Waals surface area (Å²) < 4.78 is 32.5. The number of nitrogens with zero attached hydrogens (tertiary/aromatic N) is 4. The Kier molecular flexibility index (Phi) is 11.6. The number of hydrogen-bond donors (Lipinski definition) is 1. The van der Waals surface area contributed by atoms with Gasteiger partial charge < -0.3 is 39.1 Å². The number of hydrogen-bond acceptors (Lipinski definition) is 8. The predicted octanol–water partition coefficient (Wildman–Crippen LogP) is 5.51. The minimum absolute atomic E-state index is 0.0261. The molecule has 1 N–H and O–H groups in total. The van der Waals surface area contributed by atoms with E-state index in [1.807, 2.05) is 32.9 Å². The Morgan fingerprint density at radius 1 is 0.769 bits per heavy atom. The van der Waals surface area contributed by atoms with Gasteiger partial charge in [-0.1, -0.05) is 25.8 Å². The molecule has 0 unspecified atom stereocenters. The zero-order valence-corrected chi connectivity index (χ0v) is 30.8. The average molecular weight is 722 g/mol. The highest BCUT2D eigenvalue weighted by Gasteiger charge is 2.34. The lowest BCUT2D eigenvalue weighted by Crippen LogP contribution is -2.50. The van der Waals surface area contributed by atoms with Crippen molar-refractivity contribution in [2.45, 2.75) is 77.4 Å². The van der Waals surface area contributed by atoms with E-state index < -0.39 is 23.4 Å². The molecule has 3 aliphatic heterocycles. The highest BCUT2D eigenvalue weighted by molar-refractivity contribution is 5.98. The van der Waals surface area contributed by atoms with Crippen molar-refractivity contribution in [3.05, 3.63) is 58.9 Å². The molecular weight excluding hydrogens is 669 g/mol. The molecule has 1 saturated carbocycles. The van der Waals surface area contributed by atoms with Crippen LogP contribution in [0.4, 0.5) is 14.0 Å². The van der Waals surface area contributed by atoms with Crippen molar-refractivity contribution in [1.29, 1.82) is 0 Å². The van der Waals surface area contributed by atoms with Crippen LogP contribution in [0.1, 0.15) is 92.0 Å². The van der Waals surface area contributed by atoms with Gasteiger partial charge in [0.1, 0.15) is 17.5 Å². The maximum Gasteiger partial charge on any atom is 0.415 e. The number of carbonyl (C=O) groups excluding carboxylic acids is 4. The summed E-state index contributed by atoms with van der Waals surface area (Å²) in [6.07, 6.45) is 3.72. The fourth-order valence-corrected chi connectivity index (χ4v) is 7.42. The van der Waals surface area contributed by atoms with E-state index in [-0.39, 0.29) is 48.4 Å². The molecule has 4 aliphatic rings. The average Bonchev–Trinajstić information content (AvgIpc) is 3.61. The van der Waals surface area contributed by atoms with Crippen LogP contribution in [0.3, 0.4) is 0 Å². The van der Waals surface area contributed by atoms with Crippen molar-refractivity contribution in [3.8, 4) is 11.5 Å². The van der Waals surface area contributed by atoms with Gasteiger partial charge in [0.15, 0.2) is 11.6 Å². The van der Waals surface area contributed by atoms with E-state index in [2.05, 4.69) is 12.2 Å². The zero-order valence-electron chi connectivity index (χ0n) is 30.8. The van der Waals surface area contributed by atoms with E-state index in [4.69, 9.17) is 14.2 Å². The lowest BCUT2D eigenvalue weighted by molar-refractivity contribution is 0.0275. The first-order chi connectivity index (χ1) is 24.9. The molecule has 0 bridgehead atoms. The Morgan fingerprint density at radius 2 is 1.44 bits per heavy atom. The van der Waals surface area contributed by atoms with Crippen LogP contribution in [0.25, 0.3) is 0 Å². The Bertz CT molecular complexity index is 1630. The van der Waals surface area contributed by atoms with Gasteiger partial charge in [0.05, 0.1) is 12.1 Å². The largest absolute Gasteiger partial charge is 0.488 e. The van der Waals surface area contributed by atoms with Crippen LogP contribution in [-0.4, -0.2) is 121 Å². The van der Waals surface area contributed by atoms with E-state index in [1.165, 1.54) is 23.1 Å². The molecule has 6 rings (SSSR count). The van der Waals surface area contributed by atoms with Crippen LogP contribution in [0.2, 0.25) is 0 Å². The smallest absolute Gasteiger partial charge is 0.415 e. The number of piperazine rings is 2. The van der Waals surface area contributed by atoms with Gasteiger partial charge in [-0.25, -0.2) is 14.0 Å². The number of halogens is 1. The number of nitrogens with one attached hydrogen (secondary N) is 1. The maximum atomic E-state index is 14.9. The van der Waals surface area contributed by atoms with E-state index >= 15 is 0 Å². The number of para-hydroxylation sites is 1.